The summed E-state index contributed by atoms with van der Waals surface area (Å²) < 4.78 is 5.30. The third kappa shape index (κ3) is 2.34. The van der Waals surface area contributed by atoms with Crippen molar-refractivity contribution in [1.29, 1.82) is 0 Å². The molecule has 3 heteroatoms. The summed E-state index contributed by atoms with van der Waals surface area (Å²) in [6, 6.07) is 0. The quantitative estimate of drug-likeness (QED) is 0.689. The normalized spacial score (nSPS) is 21.1. The maximum atomic E-state index is 11.4. The van der Waals surface area contributed by atoms with E-state index in [2.05, 4.69) is 4.90 Å². The average molecular weight is 199 g/mol. The number of ketones is 1. The maximum Gasteiger partial charge on any atom is 0.149 e. The van der Waals surface area contributed by atoms with Crippen LogP contribution in [0.2, 0.25) is 0 Å². The van der Waals surface area contributed by atoms with Gasteiger partial charge in [0.25, 0.3) is 0 Å². The number of carbonyl (C=O) groups excluding carboxylic acids is 1. The molecule has 1 heterocycles. The van der Waals surface area contributed by atoms with Crippen molar-refractivity contribution in [1.82, 2.24) is 4.90 Å². The Morgan fingerprint density at radius 2 is 1.86 bits per heavy atom. The SMILES string of the molecule is COC1CCN(C(C)(C)C(C)=O)CC1. The number of hydrogen-bond donors (Lipinski definition) is 0. The number of methoxy groups -OCH3 is 1. The Kier molecular flexibility index (Phi) is 3.67. The maximum absolute atomic E-state index is 11.4. The van der Waals surface area contributed by atoms with Crippen molar-refractivity contribution in [2.45, 2.75) is 45.3 Å². The van der Waals surface area contributed by atoms with Crippen LogP contribution in [0.15, 0.2) is 0 Å². The summed E-state index contributed by atoms with van der Waals surface area (Å²) in [4.78, 5) is 13.7. The van der Waals surface area contributed by atoms with Crippen LogP contribution in [-0.4, -0.2) is 42.5 Å². The van der Waals surface area contributed by atoms with E-state index in [4.69, 9.17) is 4.74 Å². The summed E-state index contributed by atoms with van der Waals surface area (Å²) in [6.07, 6.45) is 2.45. The van der Waals surface area contributed by atoms with E-state index in [1.807, 2.05) is 13.8 Å². The highest BCUT2D eigenvalue weighted by molar-refractivity contribution is 5.85. The molecule has 1 aliphatic heterocycles. The third-order valence-corrected chi connectivity index (χ3v) is 3.43. The number of piperidine rings is 1. The Balaban J connectivity index is 2.53. The fourth-order valence-electron chi connectivity index (χ4n) is 1.87. The van der Waals surface area contributed by atoms with E-state index in [-0.39, 0.29) is 11.3 Å². The van der Waals surface area contributed by atoms with Crippen LogP contribution < -0.4 is 0 Å². The molecular weight excluding hydrogens is 178 g/mol. The van der Waals surface area contributed by atoms with Crippen molar-refractivity contribution in [3.05, 3.63) is 0 Å². The Morgan fingerprint density at radius 3 is 2.21 bits per heavy atom. The minimum absolute atomic E-state index is 0.244. The topological polar surface area (TPSA) is 29.5 Å². The standard InChI is InChI=1S/C11H21NO2/c1-9(13)11(2,3)12-7-5-10(14-4)6-8-12/h10H,5-8H2,1-4H3. The molecule has 1 fully saturated rings. The van der Waals surface area contributed by atoms with Gasteiger partial charge in [0.1, 0.15) is 5.78 Å². The highest BCUT2D eigenvalue weighted by Crippen LogP contribution is 2.22. The number of likely N-dealkylation sites (tertiary alicyclic amines) is 1. The molecule has 0 aromatic rings. The second-order valence-electron chi connectivity index (χ2n) is 4.54. The lowest BCUT2D eigenvalue weighted by molar-refractivity contribution is -0.128. The zero-order chi connectivity index (χ0) is 10.8. The first kappa shape index (κ1) is 11.7. The summed E-state index contributed by atoms with van der Waals surface area (Å²) in [7, 11) is 1.76. The Morgan fingerprint density at radius 1 is 1.36 bits per heavy atom. The summed E-state index contributed by atoms with van der Waals surface area (Å²) in [5, 5.41) is 0. The van der Waals surface area contributed by atoms with Gasteiger partial charge < -0.3 is 4.74 Å². The van der Waals surface area contributed by atoms with Gasteiger partial charge in [0, 0.05) is 20.2 Å². The Bertz CT molecular complexity index is 205. The lowest BCUT2D eigenvalue weighted by atomic mass is 9.94. The molecule has 0 aromatic heterocycles. The van der Waals surface area contributed by atoms with Crippen LogP contribution in [-0.2, 0) is 9.53 Å². The van der Waals surface area contributed by atoms with Crippen LogP contribution in [0, 0.1) is 0 Å². The molecule has 0 aliphatic carbocycles. The third-order valence-electron chi connectivity index (χ3n) is 3.43. The van der Waals surface area contributed by atoms with Gasteiger partial charge in [-0.1, -0.05) is 0 Å². The van der Waals surface area contributed by atoms with Crippen molar-refractivity contribution in [2.75, 3.05) is 20.2 Å². The van der Waals surface area contributed by atoms with E-state index >= 15 is 0 Å². The molecule has 0 aromatic carbocycles. The number of nitrogens with zero attached hydrogens (tertiary/aromatic N) is 1. The van der Waals surface area contributed by atoms with Gasteiger partial charge in [0.05, 0.1) is 11.6 Å². The molecule has 0 unspecified atom stereocenters. The van der Waals surface area contributed by atoms with Gasteiger partial charge in [-0.2, -0.15) is 0 Å². The summed E-state index contributed by atoms with van der Waals surface area (Å²) in [5.74, 6) is 0.244. The number of Topliss-reactive ketones (excluding diaryl/α,β-unsaturated/α-hetero) is 1. The van der Waals surface area contributed by atoms with Crippen molar-refractivity contribution in [3.63, 3.8) is 0 Å². The van der Waals surface area contributed by atoms with Crippen LogP contribution in [0.5, 0.6) is 0 Å². The predicted octanol–water partition coefficient (Wildman–Crippen LogP) is 1.46. The molecule has 1 aliphatic rings. The van der Waals surface area contributed by atoms with Crippen molar-refractivity contribution >= 4 is 5.78 Å². The number of carbonyl (C=O) groups is 1. The summed E-state index contributed by atoms with van der Waals surface area (Å²) in [6.45, 7) is 7.60. The van der Waals surface area contributed by atoms with E-state index < -0.39 is 0 Å². The zero-order valence-corrected chi connectivity index (χ0v) is 9.67. The molecule has 0 radical (unpaired) electrons. The van der Waals surface area contributed by atoms with Crippen LogP contribution in [0.25, 0.3) is 0 Å². The van der Waals surface area contributed by atoms with Crippen LogP contribution in [0.4, 0.5) is 0 Å². The van der Waals surface area contributed by atoms with E-state index in [0.717, 1.165) is 25.9 Å². The fraction of sp³-hybridized carbons (Fsp3) is 0.909. The van der Waals surface area contributed by atoms with E-state index in [9.17, 15) is 4.79 Å². The first-order valence-electron chi connectivity index (χ1n) is 5.27. The second-order valence-corrected chi connectivity index (χ2v) is 4.54. The van der Waals surface area contributed by atoms with Crippen molar-refractivity contribution in [2.24, 2.45) is 0 Å². The predicted molar refractivity (Wildman–Crippen MR) is 56.4 cm³/mol. The van der Waals surface area contributed by atoms with E-state index in [0.29, 0.717) is 6.10 Å². The molecule has 1 saturated heterocycles. The lowest BCUT2D eigenvalue weighted by Crippen LogP contribution is -2.53. The summed E-state index contributed by atoms with van der Waals surface area (Å²) in [5.41, 5.74) is -0.307. The lowest BCUT2D eigenvalue weighted by Gasteiger charge is -2.41. The molecule has 0 saturated carbocycles. The van der Waals surface area contributed by atoms with Crippen LogP contribution in [0.3, 0.4) is 0 Å². The van der Waals surface area contributed by atoms with Crippen molar-refractivity contribution < 1.29 is 9.53 Å². The molecule has 3 nitrogen and oxygen atoms in total. The van der Waals surface area contributed by atoms with Crippen molar-refractivity contribution in [3.8, 4) is 0 Å². The van der Waals surface area contributed by atoms with Gasteiger partial charge in [-0.15, -0.1) is 0 Å². The van der Waals surface area contributed by atoms with Crippen LogP contribution in [0.1, 0.15) is 33.6 Å². The highest BCUT2D eigenvalue weighted by Gasteiger charge is 2.33. The number of hydrogen-bond acceptors (Lipinski definition) is 3. The monoisotopic (exact) mass is 199 g/mol. The molecule has 0 amide bonds. The molecule has 0 N–H and O–H groups in total. The van der Waals surface area contributed by atoms with Gasteiger partial charge in [-0.25, -0.2) is 0 Å². The molecule has 0 bridgehead atoms. The number of rotatable bonds is 3. The zero-order valence-electron chi connectivity index (χ0n) is 9.67. The van der Waals surface area contributed by atoms with E-state index in [1.165, 1.54) is 0 Å². The minimum atomic E-state index is -0.307. The molecule has 0 atom stereocenters. The van der Waals surface area contributed by atoms with Gasteiger partial charge >= 0.3 is 0 Å². The first-order chi connectivity index (χ1) is 6.48. The molecule has 82 valence electrons. The fourth-order valence-corrected chi connectivity index (χ4v) is 1.87. The minimum Gasteiger partial charge on any atom is -0.381 e. The Hall–Kier alpha value is -0.410. The summed E-state index contributed by atoms with van der Waals surface area (Å²) >= 11 is 0. The highest BCUT2D eigenvalue weighted by atomic mass is 16.5. The average Bonchev–Trinajstić information content (AvgIpc) is 2.17. The molecule has 14 heavy (non-hydrogen) atoms. The van der Waals surface area contributed by atoms with Gasteiger partial charge in [-0.3, -0.25) is 9.69 Å². The van der Waals surface area contributed by atoms with E-state index in [1.54, 1.807) is 14.0 Å². The van der Waals surface area contributed by atoms with Gasteiger partial charge in [-0.05, 0) is 33.6 Å². The second kappa shape index (κ2) is 4.41. The molecule has 0 spiro atoms. The van der Waals surface area contributed by atoms with Gasteiger partial charge in [0.15, 0.2) is 0 Å². The largest absolute Gasteiger partial charge is 0.381 e. The first-order valence-corrected chi connectivity index (χ1v) is 5.27. The number of ether oxygens (including phenoxy) is 1. The molecule has 1 rings (SSSR count). The molecular formula is C11H21NO2. The smallest absolute Gasteiger partial charge is 0.149 e. The van der Waals surface area contributed by atoms with Crippen LogP contribution >= 0.6 is 0 Å². The Labute approximate surface area is 86.4 Å². The van der Waals surface area contributed by atoms with Gasteiger partial charge in [0.2, 0.25) is 0 Å².